The lowest BCUT2D eigenvalue weighted by atomic mass is 9.92. The van der Waals surface area contributed by atoms with Gasteiger partial charge in [-0.15, -0.1) is 0 Å². The van der Waals surface area contributed by atoms with Crippen molar-refractivity contribution in [1.82, 2.24) is 4.98 Å². The second-order valence-electron chi connectivity index (χ2n) is 6.73. The Balaban J connectivity index is 2.18. The zero-order valence-corrected chi connectivity index (χ0v) is 15.9. The predicted octanol–water partition coefficient (Wildman–Crippen LogP) is 6.88. The molecule has 0 amide bonds. The number of rotatable bonds is 5. The Labute approximate surface area is 159 Å². The largest absolute Gasteiger partial charge is 0.260 e. The monoisotopic (exact) mass is 363 g/mol. The van der Waals surface area contributed by atoms with E-state index in [9.17, 15) is 8.78 Å². The standard InChI is InChI=1S/C24H23F2N/c1-4-5-10-20(21-11-7-12-23(25)24(21)26)22-14-19(15-27-17(22)3)18-9-6-8-16(2)13-18/h6-15H,4-5H2,1-3H3/b20-10-. The van der Waals surface area contributed by atoms with Gasteiger partial charge < -0.3 is 0 Å². The molecule has 138 valence electrons. The molecule has 2 aromatic carbocycles. The first-order valence-electron chi connectivity index (χ1n) is 9.20. The summed E-state index contributed by atoms with van der Waals surface area (Å²) in [5.74, 6) is -1.66. The summed E-state index contributed by atoms with van der Waals surface area (Å²) in [7, 11) is 0. The minimum Gasteiger partial charge on any atom is -0.260 e. The zero-order chi connectivity index (χ0) is 19.4. The number of pyridine rings is 1. The van der Waals surface area contributed by atoms with E-state index in [1.807, 2.05) is 50.4 Å². The van der Waals surface area contributed by atoms with E-state index in [4.69, 9.17) is 0 Å². The summed E-state index contributed by atoms with van der Waals surface area (Å²) in [6.45, 7) is 6.00. The van der Waals surface area contributed by atoms with Gasteiger partial charge in [-0.05, 0) is 43.5 Å². The van der Waals surface area contributed by atoms with E-state index >= 15 is 0 Å². The van der Waals surface area contributed by atoms with Gasteiger partial charge in [0.05, 0.1) is 0 Å². The van der Waals surface area contributed by atoms with Crippen LogP contribution in [0.3, 0.4) is 0 Å². The van der Waals surface area contributed by atoms with Crippen LogP contribution in [-0.4, -0.2) is 4.98 Å². The molecule has 0 atom stereocenters. The van der Waals surface area contributed by atoms with Gasteiger partial charge in [0.25, 0.3) is 0 Å². The summed E-state index contributed by atoms with van der Waals surface area (Å²) in [6, 6.07) is 14.5. The van der Waals surface area contributed by atoms with Crippen LogP contribution in [0.25, 0.3) is 16.7 Å². The third-order valence-electron chi connectivity index (χ3n) is 4.61. The van der Waals surface area contributed by atoms with Gasteiger partial charge >= 0.3 is 0 Å². The van der Waals surface area contributed by atoms with E-state index in [2.05, 4.69) is 18.0 Å². The second-order valence-corrected chi connectivity index (χ2v) is 6.73. The van der Waals surface area contributed by atoms with Crippen molar-refractivity contribution in [3.63, 3.8) is 0 Å². The molecule has 27 heavy (non-hydrogen) atoms. The van der Waals surface area contributed by atoms with Gasteiger partial charge in [0.1, 0.15) is 0 Å². The highest BCUT2D eigenvalue weighted by Gasteiger charge is 2.16. The molecule has 0 radical (unpaired) electrons. The summed E-state index contributed by atoms with van der Waals surface area (Å²) < 4.78 is 28.4. The van der Waals surface area contributed by atoms with E-state index in [0.29, 0.717) is 5.57 Å². The number of aromatic nitrogens is 1. The lowest BCUT2D eigenvalue weighted by Crippen LogP contribution is -2.00. The molecular weight excluding hydrogens is 340 g/mol. The number of hydrogen-bond acceptors (Lipinski definition) is 1. The van der Waals surface area contributed by atoms with Crippen molar-refractivity contribution in [3.8, 4) is 11.1 Å². The smallest absolute Gasteiger partial charge is 0.166 e. The van der Waals surface area contributed by atoms with Crippen LogP contribution in [0.5, 0.6) is 0 Å². The normalized spacial score (nSPS) is 11.7. The molecule has 1 heterocycles. The highest BCUT2D eigenvalue weighted by atomic mass is 19.2. The fourth-order valence-electron chi connectivity index (χ4n) is 3.15. The topological polar surface area (TPSA) is 12.9 Å². The van der Waals surface area contributed by atoms with Crippen LogP contribution in [0, 0.1) is 25.5 Å². The quantitative estimate of drug-likeness (QED) is 0.482. The fraction of sp³-hybridized carbons (Fsp3) is 0.208. The lowest BCUT2D eigenvalue weighted by molar-refractivity contribution is 0.506. The minimum absolute atomic E-state index is 0.273. The van der Waals surface area contributed by atoms with Crippen molar-refractivity contribution in [2.45, 2.75) is 33.6 Å². The molecule has 1 nitrogen and oxygen atoms in total. The molecule has 0 N–H and O–H groups in total. The van der Waals surface area contributed by atoms with Gasteiger partial charge in [0, 0.05) is 28.6 Å². The van der Waals surface area contributed by atoms with Crippen molar-refractivity contribution in [3.05, 3.63) is 94.8 Å². The third kappa shape index (κ3) is 4.13. The molecule has 0 aliphatic rings. The zero-order valence-electron chi connectivity index (χ0n) is 15.9. The second kappa shape index (κ2) is 8.26. The van der Waals surface area contributed by atoms with Crippen LogP contribution in [0.15, 0.2) is 60.8 Å². The molecule has 0 saturated heterocycles. The van der Waals surface area contributed by atoms with Gasteiger partial charge in [-0.2, -0.15) is 0 Å². The molecule has 0 aliphatic carbocycles. The van der Waals surface area contributed by atoms with E-state index in [0.717, 1.165) is 46.9 Å². The number of hydrogen-bond donors (Lipinski definition) is 0. The Morgan fingerprint density at radius 1 is 0.963 bits per heavy atom. The van der Waals surface area contributed by atoms with Gasteiger partial charge in [-0.1, -0.05) is 61.4 Å². The Hall–Kier alpha value is -2.81. The average molecular weight is 363 g/mol. The Morgan fingerprint density at radius 3 is 2.48 bits per heavy atom. The van der Waals surface area contributed by atoms with E-state index < -0.39 is 11.6 Å². The molecule has 0 fully saturated rings. The number of nitrogens with zero attached hydrogens (tertiary/aromatic N) is 1. The van der Waals surface area contributed by atoms with Crippen molar-refractivity contribution in [1.29, 1.82) is 0 Å². The highest BCUT2D eigenvalue weighted by Crippen LogP contribution is 2.32. The molecule has 0 aliphatic heterocycles. The SMILES string of the molecule is CCC/C=C(\c1cc(-c2cccc(C)c2)cnc1C)c1cccc(F)c1F. The Kier molecular flexibility index (Phi) is 5.80. The molecule has 3 rings (SSSR count). The van der Waals surface area contributed by atoms with Gasteiger partial charge in [0.2, 0.25) is 0 Å². The summed E-state index contributed by atoms with van der Waals surface area (Å²) in [5.41, 5.74) is 5.75. The van der Waals surface area contributed by atoms with Gasteiger partial charge in [0.15, 0.2) is 11.6 Å². The maximum atomic E-state index is 14.5. The van der Waals surface area contributed by atoms with Crippen LogP contribution in [0.2, 0.25) is 0 Å². The van der Waals surface area contributed by atoms with Gasteiger partial charge in [-0.25, -0.2) is 8.78 Å². The van der Waals surface area contributed by atoms with Crippen LogP contribution in [-0.2, 0) is 0 Å². The molecule has 1 aromatic heterocycles. The molecule has 0 saturated carbocycles. The van der Waals surface area contributed by atoms with Crippen LogP contribution in [0.4, 0.5) is 8.78 Å². The van der Waals surface area contributed by atoms with Crippen LogP contribution < -0.4 is 0 Å². The average Bonchev–Trinajstić information content (AvgIpc) is 2.66. The number of allylic oxidation sites excluding steroid dienone is 1. The number of aryl methyl sites for hydroxylation is 2. The molecular formula is C24H23F2N. The lowest BCUT2D eigenvalue weighted by Gasteiger charge is -2.14. The Bertz CT molecular complexity index is 989. The van der Waals surface area contributed by atoms with Crippen molar-refractivity contribution < 1.29 is 8.78 Å². The van der Waals surface area contributed by atoms with Crippen molar-refractivity contribution >= 4 is 5.57 Å². The number of halogens is 2. The maximum Gasteiger partial charge on any atom is 0.166 e. The minimum atomic E-state index is -0.838. The molecule has 3 heteroatoms. The molecule has 0 unspecified atom stereocenters. The fourth-order valence-corrected chi connectivity index (χ4v) is 3.15. The summed E-state index contributed by atoms with van der Waals surface area (Å²) in [6.07, 6.45) is 5.50. The first kappa shape index (κ1) is 19.0. The summed E-state index contributed by atoms with van der Waals surface area (Å²) >= 11 is 0. The van der Waals surface area contributed by atoms with Gasteiger partial charge in [-0.3, -0.25) is 4.98 Å². The molecule has 0 spiro atoms. The van der Waals surface area contributed by atoms with Crippen molar-refractivity contribution in [2.75, 3.05) is 0 Å². The van der Waals surface area contributed by atoms with Crippen molar-refractivity contribution in [2.24, 2.45) is 0 Å². The van der Waals surface area contributed by atoms with Crippen LogP contribution >= 0.6 is 0 Å². The number of benzene rings is 2. The van der Waals surface area contributed by atoms with E-state index in [1.54, 1.807) is 12.1 Å². The third-order valence-corrected chi connectivity index (χ3v) is 4.61. The Morgan fingerprint density at radius 2 is 1.74 bits per heavy atom. The summed E-state index contributed by atoms with van der Waals surface area (Å²) in [5, 5.41) is 0. The maximum absolute atomic E-state index is 14.5. The predicted molar refractivity (Wildman–Crippen MR) is 107 cm³/mol. The first-order valence-corrected chi connectivity index (χ1v) is 9.20. The van der Waals surface area contributed by atoms with Crippen LogP contribution in [0.1, 0.15) is 42.1 Å². The highest BCUT2D eigenvalue weighted by molar-refractivity contribution is 5.83. The number of unbranched alkanes of at least 4 members (excludes halogenated alkanes) is 1. The van der Waals surface area contributed by atoms with E-state index in [1.165, 1.54) is 0 Å². The summed E-state index contributed by atoms with van der Waals surface area (Å²) in [4.78, 5) is 4.53. The van der Waals surface area contributed by atoms with E-state index in [-0.39, 0.29) is 5.56 Å². The first-order chi connectivity index (χ1) is 13.0. The molecule has 3 aromatic rings. The molecule has 0 bridgehead atoms.